The maximum absolute atomic E-state index is 13.7. The number of benzene rings is 2. The summed E-state index contributed by atoms with van der Waals surface area (Å²) in [6, 6.07) is 11.3. The monoisotopic (exact) mass is 706 g/mol. The lowest BCUT2D eigenvalue weighted by Gasteiger charge is -2.40. The van der Waals surface area contributed by atoms with Crippen LogP contribution in [0.3, 0.4) is 0 Å². The number of hydrogen-bond donors (Lipinski definition) is 6. The van der Waals surface area contributed by atoms with Crippen LogP contribution >= 0.6 is 0 Å². The smallest absolute Gasteiger partial charge is 0.456 e. The standard InChI is InChI=1S/C32H38N10O9/c1-18-24(51-32(48)50-18)17-49-26(44)16-41-13-14-42(25(43)15-38-28(46)20-6-10-22(11-7-20)40-31(35)36)23(29(41)47)3-2-12-37-27(45)19-4-8-21(9-5-19)39-30(33)34/h4-11,23H,2-3,12-17H2,1H3,(H,37,45)(H,38,46)(H4,33,34,39)(H4,35,36,40)/t23-/m0/s1. The third-order valence-corrected chi connectivity index (χ3v) is 7.54. The van der Waals surface area contributed by atoms with E-state index in [2.05, 4.69) is 20.6 Å². The molecule has 19 nitrogen and oxygen atoms in total. The molecule has 0 unspecified atom stereocenters. The lowest BCUT2D eigenvalue weighted by atomic mass is 10.0. The molecule has 0 aliphatic carbocycles. The van der Waals surface area contributed by atoms with Gasteiger partial charge in [0.1, 0.15) is 12.6 Å². The highest BCUT2D eigenvalue weighted by Crippen LogP contribution is 2.18. The number of amides is 4. The molecule has 2 heterocycles. The van der Waals surface area contributed by atoms with Crippen LogP contribution in [0.4, 0.5) is 11.4 Å². The molecule has 1 atom stereocenters. The van der Waals surface area contributed by atoms with E-state index < -0.39 is 48.6 Å². The zero-order chi connectivity index (χ0) is 37.1. The minimum absolute atomic E-state index is 0.00276. The van der Waals surface area contributed by atoms with Gasteiger partial charge in [0.05, 0.1) is 17.9 Å². The molecule has 4 amide bonds. The molecule has 1 saturated heterocycles. The predicted octanol–water partition coefficient (Wildman–Crippen LogP) is -0.926. The van der Waals surface area contributed by atoms with E-state index in [-0.39, 0.29) is 74.0 Å². The third-order valence-electron chi connectivity index (χ3n) is 7.54. The normalized spacial score (nSPS) is 14.0. The summed E-state index contributed by atoms with van der Waals surface area (Å²) >= 11 is 0. The van der Waals surface area contributed by atoms with Crippen molar-refractivity contribution < 1.29 is 37.5 Å². The van der Waals surface area contributed by atoms with Crippen molar-refractivity contribution in [2.75, 3.05) is 32.7 Å². The first-order valence-corrected chi connectivity index (χ1v) is 15.6. The van der Waals surface area contributed by atoms with E-state index in [1.807, 2.05) is 0 Å². The number of ether oxygens (including phenoxy) is 1. The highest BCUT2D eigenvalue weighted by Gasteiger charge is 2.38. The molecule has 2 aromatic carbocycles. The van der Waals surface area contributed by atoms with Gasteiger partial charge in [-0.05, 0) is 68.3 Å². The lowest BCUT2D eigenvalue weighted by molar-refractivity contribution is -0.158. The summed E-state index contributed by atoms with van der Waals surface area (Å²) in [6.07, 6.45) is 0.406. The molecule has 0 saturated carbocycles. The summed E-state index contributed by atoms with van der Waals surface area (Å²) in [7, 11) is 0. The number of hydrogen-bond acceptors (Lipinski definition) is 11. The first kappa shape index (κ1) is 37.2. The lowest BCUT2D eigenvalue weighted by Crippen LogP contribution is -2.60. The number of carbonyl (C=O) groups is 5. The molecule has 10 N–H and O–H groups in total. The van der Waals surface area contributed by atoms with Gasteiger partial charge in [0.15, 0.2) is 30.0 Å². The first-order chi connectivity index (χ1) is 24.3. The Morgan fingerprint density at radius 2 is 1.41 bits per heavy atom. The van der Waals surface area contributed by atoms with Gasteiger partial charge in [-0.3, -0.25) is 24.0 Å². The Kier molecular flexibility index (Phi) is 12.5. The van der Waals surface area contributed by atoms with Gasteiger partial charge >= 0.3 is 11.8 Å². The third kappa shape index (κ3) is 10.7. The van der Waals surface area contributed by atoms with Crippen molar-refractivity contribution in [3.05, 3.63) is 81.8 Å². The molecule has 0 radical (unpaired) electrons. The Bertz CT molecular complexity index is 1860. The van der Waals surface area contributed by atoms with Crippen LogP contribution in [0.15, 0.2) is 72.1 Å². The van der Waals surface area contributed by atoms with Crippen LogP contribution < -0.4 is 39.4 Å². The molecule has 1 aliphatic rings. The molecule has 3 aromatic rings. The van der Waals surface area contributed by atoms with E-state index in [0.717, 1.165) is 0 Å². The zero-order valence-corrected chi connectivity index (χ0v) is 27.6. The van der Waals surface area contributed by atoms with Crippen molar-refractivity contribution in [2.24, 2.45) is 32.9 Å². The Morgan fingerprint density at radius 1 is 0.843 bits per heavy atom. The second-order valence-electron chi connectivity index (χ2n) is 11.2. The largest absolute Gasteiger partial charge is 0.519 e. The number of piperazine rings is 1. The minimum Gasteiger partial charge on any atom is -0.456 e. The van der Waals surface area contributed by atoms with Crippen molar-refractivity contribution in [1.82, 2.24) is 20.4 Å². The Hall–Kier alpha value is -6.66. The highest BCUT2D eigenvalue weighted by molar-refractivity contribution is 5.98. The van der Waals surface area contributed by atoms with Crippen LogP contribution in [0, 0.1) is 6.92 Å². The van der Waals surface area contributed by atoms with Crippen LogP contribution in [-0.2, 0) is 25.7 Å². The number of nitrogens with one attached hydrogen (secondary N) is 2. The first-order valence-electron chi connectivity index (χ1n) is 15.6. The van der Waals surface area contributed by atoms with Gasteiger partial charge in [-0.25, -0.2) is 14.8 Å². The van der Waals surface area contributed by atoms with Crippen LogP contribution in [0.1, 0.15) is 45.1 Å². The Morgan fingerprint density at radius 3 is 1.94 bits per heavy atom. The fourth-order valence-electron chi connectivity index (χ4n) is 5.06. The second-order valence-corrected chi connectivity index (χ2v) is 11.2. The van der Waals surface area contributed by atoms with Gasteiger partial charge in [0.2, 0.25) is 11.8 Å². The van der Waals surface area contributed by atoms with E-state index in [4.69, 9.17) is 36.5 Å². The topological polar surface area (TPSA) is 297 Å². The Labute approximate surface area is 290 Å². The van der Waals surface area contributed by atoms with Crippen LogP contribution in [-0.4, -0.2) is 90.1 Å². The molecule has 4 rings (SSSR count). The number of esters is 1. The van der Waals surface area contributed by atoms with Crippen LogP contribution in [0.25, 0.3) is 0 Å². The number of aliphatic imine (C=N–C) groups is 2. The van der Waals surface area contributed by atoms with Gasteiger partial charge in [0.25, 0.3) is 11.8 Å². The zero-order valence-electron chi connectivity index (χ0n) is 27.6. The number of nitrogens with two attached hydrogens (primary N) is 4. The maximum Gasteiger partial charge on any atom is 0.519 e. The van der Waals surface area contributed by atoms with Gasteiger partial charge in [-0.1, -0.05) is 0 Å². The fraction of sp³-hybridized carbons (Fsp3) is 0.312. The van der Waals surface area contributed by atoms with Crippen molar-refractivity contribution in [3.63, 3.8) is 0 Å². The molecule has 270 valence electrons. The van der Waals surface area contributed by atoms with E-state index in [9.17, 15) is 28.8 Å². The van der Waals surface area contributed by atoms with Crippen LogP contribution in [0.2, 0.25) is 0 Å². The van der Waals surface area contributed by atoms with Crippen molar-refractivity contribution in [3.8, 4) is 0 Å². The van der Waals surface area contributed by atoms with E-state index in [1.165, 1.54) is 41.0 Å². The molecule has 51 heavy (non-hydrogen) atoms. The molecule has 1 aromatic heterocycles. The Balaban J connectivity index is 1.38. The molecular weight excluding hydrogens is 668 g/mol. The average Bonchev–Trinajstić information content (AvgIpc) is 3.41. The highest BCUT2D eigenvalue weighted by atomic mass is 16.6. The molecular formula is C32H38N10O9. The summed E-state index contributed by atoms with van der Waals surface area (Å²) in [5, 5.41) is 5.32. The van der Waals surface area contributed by atoms with Crippen LogP contribution in [0.5, 0.6) is 0 Å². The SMILES string of the molecule is Cc1oc(=O)oc1COC(=O)CN1CCN(C(=O)CNC(=O)c2ccc(N=C(N)N)cc2)[C@@H](CCCNC(=O)c2ccc(N=C(N)N)cc2)C1=O. The fourth-order valence-corrected chi connectivity index (χ4v) is 5.06. The van der Waals surface area contributed by atoms with Crippen molar-refractivity contribution in [2.45, 2.75) is 32.4 Å². The van der Waals surface area contributed by atoms with E-state index in [1.54, 1.807) is 24.3 Å². The molecule has 1 fully saturated rings. The average molecular weight is 707 g/mol. The maximum atomic E-state index is 13.7. The number of aryl methyl sites for hydroxylation is 1. The predicted molar refractivity (Wildman–Crippen MR) is 182 cm³/mol. The summed E-state index contributed by atoms with van der Waals surface area (Å²) in [5.74, 6) is -3.77. The van der Waals surface area contributed by atoms with E-state index >= 15 is 0 Å². The molecule has 0 spiro atoms. The van der Waals surface area contributed by atoms with Gasteiger partial charge in [-0.2, -0.15) is 0 Å². The van der Waals surface area contributed by atoms with Crippen molar-refractivity contribution >= 4 is 52.9 Å². The number of rotatable bonds is 14. The molecule has 1 aliphatic heterocycles. The van der Waals surface area contributed by atoms with Gasteiger partial charge in [-0.15, -0.1) is 0 Å². The van der Waals surface area contributed by atoms with Gasteiger partial charge < -0.3 is 56.9 Å². The number of nitrogens with zero attached hydrogens (tertiary/aromatic N) is 4. The molecule has 19 heteroatoms. The van der Waals surface area contributed by atoms with E-state index in [0.29, 0.717) is 16.9 Å². The molecule has 0 bridgehead atoms. The summed E-state index contributed by atoms with van der Waals surface area (Å²) in [6.45, 7) is 0.459. The summed E-state index contributed by atoms with van der Waals surface area (Å²) < 4.78 is 14.7. The summed E-state index contributed by atoms with van der Waals surface area (Å²) in [4.78, 5) is 86.7. The number of carbonyl (C=O) groups excluding carboxylic acids is 5. The summed E-state index contributed by atoms with van der Waals surface area (Å²) in [5.41, 5.74) is 23.0. The van der Waals surface area contributed by atoms with Gasteiger partial charge in [0, 0.05) is 30.8 Å². The quantitative estimate of drug-likeness (QED) is 0.0512. The minimum atomic E-state index is -1.01. The van der Waals surface area contributed by atoms with Crippen molar-refractivity contribution in [1.29, 1.82) is 0 Å². The second kappa shape index (κ2) is 17.1. The number of guanidine groups is 2.